The minimum Gasteiger partial charge on any atom is -0.355 e. The van der Waals surface area contributed by atoms with E-state index in [2.05, 4.69) is 31.1 Å². The third-order valence-corrected chi connectivity index (χ3v) is 2.28. The van der Waals surface area contributed by atoms with Gasteiger partial charge in [0.15, 0.2) is 0 Å². The second-order valence-electron chi connectivity index (χ2n) is 4.49. The number of thiazole rings is 1. The molecular formula is C10H16N2OS. The van der Waals surface area contributed by atoms with Crippen LogP contribution in [0.5, 0.6) is 0 Å². The van der Waals surface area contributed by atoms with Crippen LogP contribution in [-0.4, -0.2) is 17.4 Å². The largest absolute Gasteiger partial charge is 0.355 e. The lowest BCUT2D eigenvalue weighted by Crippen LogP contribution is -2.33. The molecule has 1 heterocycles. The van der Waals surface area contributed by atoms with Crippen LogP contribution in [0.3, 0.4) is 0 Å². The zero-order chi connectivity index (χ0) is 10.6. The van der Waals surface area contributed by atoms with Crippen LogP contribution in [0.1, 0.15) is 26.5 Å². The summed E-state index contributed by atoms with van der Waals surface area (Å²) in [6.45, 7) is 6.98. The van der Waals surface area contributed by atoms with E-state index in [1.54, 1.807) is 5.51 Å². The van der Waals surface area contributed by atoms with Crippen LogP contribution in [0.2, 0.25) is 0 Å². The van der Waals surface area contributed by atoms with E-state index in [0.717, 1.165) is 5.69 Å². The van der Waals surface area contributed by atoms with Crippen LogP contribution in [0.4, 0.5) is 0 Å². The lowest BCUT2D eigenvalue weighted by molar-refractivity contribution is -0.120. The van der Waals surface area contributed by atoms with Gasteiger partial charge in [0.1, 0.15) is 0 Å². The van der Waals surface area contributed by atoms with Gasteiger partial charge in [-0.2, -0.15) is 0 Å². The average Bonchev–Trinajstić information content (AvgIpc) is 2.52. The monoisotopic (exact) mass is 212 g/mol. The van der Waals surface area contributed by atoms with Gasteiger partial charge in [0.2, 0.25) is 5.91 Å². The number of nitrogens with one attached hydrogen (secondary N) is 1. The highest BCUT2D eigenvalue weighted by atomic mass is 32.1. The van der Waals surface area contributed by atoms with E-state index in [1.165, 1.54) is 11.3 Å². The maximum absolute atomic E-state index is 11.4. The first-order chi connectivity index (χ1) is 6.47. The van der Waals surface area contributed by atoms with E-state index < -0.39 is 0 Å². The van der Waals surface area contributed by atoms with Crippen LogP contribution in [0.15, 0.2) is 10.9 Å². The molecule has 78 valence electrons. The lowest BCUT2D eigenvalue weighted by atomic mass is 9.97. The molecule has 0 atom stereocenters. The fourth-order valence-electron chi connectivity index (χ4n) is 0.916. The molecule has 0 spiro atoms. The molecule has 0 radical (unpaired) electrons. The molecule has 1 N–H and O–H groups in total. The van der Waals surface area contributed by atoms with E-state index in [1.807, 2.05) is 5.38 Å². The summed E-state index contributed by atoms with van der Waals surface area (Å²) >= 11 is 1.51. The van der Waals surface area contributed by atoms with Crippen molar-refractivity contribution in [1.29, 1.82) is 0 Å². The van der Waals surface area contributed by atoms with Crippen molar-refractivity contribution in [3.8, 4) is 0 Å². The summed E-state index contributed by atoms with van der Waals surface area (Å²) in [5.74, 6) is 0.0471. The quantitative estimate of drug-likeness (QED) is 0.830. The van der Waals surface area contributed by atoms with Crippen LogP contribution < -0.4 is 5.32 Å². The molecule has 4 heteroatoms. The second kappa shape index (κ2) is 4.55. The van der Waals surface area contributed by atoms with E-state index in [4.69, 9.17) is 0 Å². The molecule has 0 bridgehead atoms. The van der Waals surface area contributed by atoms with Gasteiger partial charge in [-0.15, -0.1) is 11.3 Å². The summed E-state index contributed by atoms with van der Waals surface area (Å²) in [5.41, 5.74) is 2.73. The lowest BCUT2D eigenvalue weighted by Gasteiger charge is -2.18. The zero-order valence-corrected chi connectivity index (χ0v) is 9.65. The summed E-state index contributed by atoms with van der Waals surface area (Å²) < 4.78 is 0. The molecule has 0 unspecified atom stereocenters. The zero-order valence-electron chi connectivity index (χ0n) is 8.83. The number of nitrogens with zero attached hydrogens (tertiary/aromatic N) is 1. The topological polar surface area (TPSA) is 42.0 Å². The Bertz CT molecular complexity index is 288. The van der Waals surface area contributed by atoms with E-state index in [9.17, 15) is 4.79 Å². The van der Waals surface area contributed by atoms with E-state index >= 15 is 0 Å². The molecule has 1 amide bonds. The molecule has 0 aliphatic heterocycles. The first-order valence-electron chi connectivity index (χ1n) is 4.61. The fourth-order valence-corrected chi connectivity index (χ4v) is 1.47. The molecule has 1 rings (SSSR count). The molecular weight excluding hydrogens is 196 g/mol. The number of aromatic nitrogens is 1. The Morgan fingerprint density at radius 2 is 2.29 bits per heavy atom. The van der Waals surface area contributed by atoms with Gasteiger partial charge in [-0.1, -0.05) is 20.8 Å². The number of carbonyl (C=O) groups is 1. The first-order valence-corrected chi connectivity index (χ1v) is 5.55. The highest BCUT2D eigenvalue weighted by Gasteiger charge is 2.12. The Balaban J connectivity index is 2.30. The second-order valence-corrected chi connectivity index (χ2v) is 5.21. The first kappa shape index (κ1) is 11.2. The van der Waals surface area contributed by atoms with Crippen LogP contribution in [0.25, 0.3) is 0 Å². The molecule has 0 aliphatic rings. The molecule has 1 aromatic heterocycles. The van der Waals surface area contributed by atoms with Crippen molar-refractivity contribution in [3.05, 3.63) is 16.6 Å². The predicted molar refractivity (Wildman–Crippen MR) is 58.3 cm³/mol. The van der Waals surface area contributed by atoms with Crippen molar-refractivity contribution < 1.29 is 4.79 Å². The van der Waals surface area contributed by atoms with Gasteiger partial charge in [-0.05, 0) is 5.41 Å². The molecule has 0 aromatic carbocycles. The third-order valence-electron chi connectivity index (χ3n) is 1.64. The smallest absolute Gasteiger partial charge is 0.226 e. The standard InChI is InChI=1S/C10H16N2OS/c1-10(2,3)6-11-9(13)4-8-5-14-7-12-8/h5,7H,4,6H2,1-3H3,(H,11,13). The number of hydrogen-bond donors (Lipinski definition) is 1. The van der Waals surface area contributed by atoms with Crippen LogP contribution >= 0.6 is 11.3 Å². The summed E-state index contributed by atoms with van der Waals surface area (Å²) in [5, 5.41) is 4.79. The summed E-state index contributed by atoms with van der Waals surface area (Å²) in [6, 6.07) is 0. The SMILES string of the molecule is CC(C)(C)CNC(=O)Cc1cscn1. The molecule has 1 aromatic rings. The van der Waals surface area contributed by atoms with Crippen molar-refractivity contribution >= 4 is 17.2 Å². The van der Waals surface area contributed by atoms with E-state index in [0.29, 0.717) is 13.0 Å². The highest BCUT2D eigenvalue weighted by molar-refractivity contribution is 7.07. The number of amides is 1. The Hall–Kier alpha value is -0.900. The van der Waals surface area contributed by atoms with Gasteiger partial charge in [-0.3, -0.25) is 4.79 Å². The van der Waals surface area contributed by atoms with Crippen LogP contribution in [0, 0.1) is 5.41 Å². The van der Waals surface area contributed by atoms with Gasteiger partial charge in [0, 0.05) is 11.9 Å². The van der Waals surface area contributed by atoms with Gasteiger partial charge in [0.05, 0.1) is 17.6 Å². The van der Waals surface area contributed by atoms with Crippen molar-refractivity contribution in [3.63, 3.8) is 0 Å². The van der Waals surface area contributed by atoms with Gasteiger partial charge in [0.25, 0.3) is 0 Å². The fraction of sp³-hybridized carbons (Fsp3) is 0.600. The average molecular weight is 212 g/mol. The van der Waals surface area contributed by atoms with E-state index in [-0.39, 0.29) is 11.3 Å². The Morgan fingerprint density at radius 3 is 2.79 bits per heavy atom. The Kier molecular flexibility index (Phi) is 3.63. The van der Waals surface area contributed by atoms with Gasteiger partial charge < -0.3 is 5.32 Å². The molecule has 0 saturated carbocycles. The molecule has 0 aliphatic carbocycles. The highest BCUT2D eigenvalue weighted by Crippen LogP contribution is 2.10. The van der Waals surface area contributed by atoms with Crippen molar-refractivity contribution in [2.24, 2.45) is 5.41 Å². The molecule has 3 nitrogen and oxygen atoms in total. The van der Waals surface area contributed by atoms with Crippen molar-refractivity contribution in [2.75, 3.05) is 6.54 Å². The minimum atomic E-state index is 0.0471. The predicted octanol–water partition coefficient (Wildman–Crippen LogP) is 1.85. The minimum absolute atomic E-state index is 0.0471. The van der Waals surface area contributed by atoms with Gasteiger partial charge in [-0.25, -0.2) is 4.98 Å². The maximum Gasteiger partial charge on any atom is 0.226 e. The Labute approximate surface area is 88.6 Å². The van der Waals surface area contributed by atoms with Crippen LogP contribution in [-0.2, 0) is 11.2 Å². The number of rotatable bonds is 3. The normalized spacial score (nSPS) is 11.4. The third kappa shape index (κ3) is 4.37. The number of hydrogen-bond acceptors (Lipinski definition) is 3. The molecule has 14 heavy (non-hydrogen) atoms. The van der Waals surface area contributed by atoms with Gasteiger partial charge >= 0.3 is 0 Å². The van der Waals surface area contributed by atoms with Crippen molar-refractivity contribution in [1.82, 2.24) is 10.3 Å². The Morgan fingerprint density at radius 1 is 1.57 bits per heavy atom. The molecule has 0 saturated heterocycles. The summed E-state index contributed by atoms with van der Waals surface area (Å²) in [4.78, 5) is 15.5. The number of carbonyl (C=O) groups excluding carboxylic acids is 1. The van der Waals surface area contributed by atoms with Crippen molar-refractivity contribution in [2.45, 2.75) is 27.2 Å². The summed E-state index contributed by atoms with van der Waals surface area (Å²) in [6.07, 6.45) is 0.388. The summed E-state index contributed by atoms with van der Waals surface area (Å²) in [7, 11) is 0. The molecule has 0 fully saturated rings. The maximum atomic E-state index is 11.4.